The summed E-state index contributed by atoms with van der Waals surface area (Å²) in [6.45, 7) is 1.54. The lowest BCUT2D eigenvalue weighted by Gasteiger charge is -2.21. The minimum Gasteiger partial charge on any atom is -0.465 e. The Hall–Kier alpha value is -1.17. The summed E-state index contributed by atoms with van der Waals surface area (Å²) in [4.78, 5) is 25.6. The van der Waals surface area contributed by atoms with E-state index < -0.39 is 11.9 Å². The van der Waals surface area contributed by atoms with Gasteiger partial charge in [0, 0.05) is 13.1 Å². The lowest BCUT2D eigenvalue weighted by atomic mass is 10.3. The molecular weight excluding hydrogens is 242 g/mol. The molecule has 0 bridgehead atoms. The number of rotatable bonds is 4. The second kappa shape index (κ2) is 6.54. The van der Waals surface area contributed by atoms with Crippen molar-refractivity contribution in [2.24, 2.45) is 0 Å². The van der Waals surface area contributed by atoms with Gasteiger partial charge in [0.25, 0.3) is 0 Å². The normalized spacial score (nSPS) is 16.5. The minimum absolute atomic E-state index is 0.307. The number of carbonyl (C=O) groups excluding carboxylic acids is 2. The molecule has 1 fully saturated rings. The van der Waals surface area contributed by atoms with Gasteiger partial charge >= 0.3 is 11.9 Å². The van der Waals surface area contributed by atoms with E-state index in [4.69, 9.17) is 4.74 Å². The monoisotopic (exact) mass is 259 g/mol. The molecule has 1 rings (SSSR count). The van der Waals surface area contributed by atoms with Crippen LogP contribution >= 0.6 is 11.8 Å². The van der Waals surface area contributed by atoms with Gasteiger partial charge in [-0.25, -0.2) is 9.59 Å². The predicted octanol–water partition coefficient (Wildman–Crippen LogP) is 1.00. The Morgan fingerprint density at radius 2 is 1.59 bits per heavy atom. The molecule has 0 aromatic rings. The van der Waals surface area contributed by atoms with E-state index in [1.54, 1.807) is 6.26 Å². The number of likely N-dealkylation sites (tertiary alicyclic amines) is 1. The highest BCUT2D eigenvalue weighted by Gasteiger charge is 2.28. The summed E-state index contributed by atoms with van der Waals surface area (Å²) in [5.74, 6) is -0.980. The summed E-state index contributed by atoms with van der Waals surface area (Å²) in [6.07, 6.45) is 3.78. The van der Waals surface area contributed by atoms with Crippen LogP contribution < -0.4 is 0 Å². The summed E-state index contributed by atoms with van der Waals surface area (Å²) in [5, 5.41) is 0. The van der Waals surface area contributed by atoms with E-state index in [0.717, 1.165) is 25.9 Å². The average molecular weight is 259 g/mol. The second-order valence-corrected chi connectivity index (χ2v) is 4.38. The van der Waals surface area contributed by atoms with E-state index in [2.05, 4.69) is 4.74 Å². The number of ether oxygens (including phenoxy) is 2. The first-order valence-electron chi connectivity index (χ1n) is 5.35. The summed E-state index contributed by atoms with van der Waals surface area (Å²) < 4.78 is 9.43. The molecule has 0 unspecified atom stereocenters. The SMILES string of the molecule is COC(=O)/C(SC)=C(/C(=O)OC)N1CCCC1. The van der Waals surface area contributed by atoms with E-state index in [-0.39, 0.29) is 0 Å². The zero-order valence-electron chi connectivity index (χ0n) is 10.3. The maximum Gasteiger partial charge on any atom is 0.355 e. The Bertz CT molecular complexity index is 334. The molecule has 0 aromatic carbocycles. The van der Waals surface area contributed by atoms with E-state index in [0.29, 0.717) is 10.6 Å². The van der Waals surface area contributed by atoms with Gasteiger partial charge in [0.1, 0.15) is 10.6 Å². The van der Waals surface area contributed by atoms with Crippen LogP contribution in [-0.2, 0) is 19.1 Å². The van der Waals surface area contributed by atoms with E-state index >= 15 is 0 Å². The van der Waals surface area contributed by atoms with Crippen LogP contribution in [0, 0.1) is 0 Å². The van der Waals surface area contributed by atoms with Gasteiger partial charge in [-0.15, -0.1) is 11.8 Å². The Morgan fingerprint density at radius 3 is 2.00 bits per heavy atom. The quantitative estimate of drug-likeness (QED) is 0.554. The first-order chi connectivity index (χ1) is 8.15. The largest absolute Gasteiger partial charge is 0.465 e. The second-order valence-electron chi connectivity index (χ2n) is 3.56. The average Bonchev–Trinajstić information content (AvgIpc) is 2.87. The maximum absolute atomic E-state index is 11.8. The highest BCUT2D eigenvalue weighted by molar-refractivity contribution is 8.03. The Labute approximate surface area is 105 Å². The molecular formula is C11H17NO4S. The third-order valence-corrected chi connectivity index (χ3v) is 3.36. The van der Waals surface area contributed by atoms with Crippen molar-refractivity contribution in [3.63, 3.8) is 0 Å². The molecule has 0 atom stereocenters. The zero-order valence-corrected chi connectivity index (χ0v) is 11.1. The molecule has 0 aromatic heterocycles. The fraction of sp³-hybridized carbons (Fsp3) is 0.636. The minimum atomic E-state index is -0.496. The molecule has 1 aliphatic heterocycles. The van der Waals surface area contributed by atoms with Gasteiger partial charge in [0.2, 0.25) is 0 Å². The van der Waals surface area contributed by atoms with E-state index in [1.807, 2.05) is 4.90 Å². The number of methoxy groups -OCH3 is 2. The zero-order chi connectivity index (χ0) is 12.8. The van der Waals surface area contributed by atoms with Crippen LogP contribution in [0.4, 0.5) is 0 Å². The number of hydrogen-bond acceptors (Lipinski definition) is 6. The van der Waals surface area contributed by atoms with Crippen molar-refractivity contribution in [2.75, 3.05) is 33.6 Å². The maximum atomic E-state index is 11.8. The van der Waals surface area contributed by atoms with Crippen molar-refractivity contribution in [1.82, 2.24) is 4.90 Å². The van der Waals surface area contributed by atoms with Crippen LogP contribution in [0.5, 0.6) is 0 Å². The van der Waals surface area contributed by atoms with Gasteiger partial charge in [-0.05, 0) is 19.1 Å². The molecule has 1 saturated heterocycles. The highest BCUT2D eigenvalue weighted by Crippen LogP contribution is 2.25. The summed E-state index contributed by atoms with van der Waals surface area (Å²) in [5.41, 5.74) is 0.323. The predicted molar refractivity (Wildman–Crippen MR) is 65.4 cm³/mol. The van der Waals surface area contributed by atoms with Gasteiger partial charge < -0.3 is 14.4 Å². The van der Waals surface area contributed by atoms with Gasteiger partial charge in [0.15, 0.2) is 0 Å². The first kappa shape index (κ1) is 13.9. The molecule has 0 radical (unpaired) electrons. The molecule has 5 nitrogen and oxygen atoms in total. The van der Waals surface area contributed by atoms with Crippen LogP contribution in [-0.4, -0.2) is 50.4 Å². The molecule has 0 spiro atoms. The van der Waals surface area contributed by atoms with Crippen molar-refractivity contribution in [3.8, 4) is 0 Å². The molecule has 0 N–H and O–H groups in total. The van der Waals surface area contributed by atoms with Crippen LogP contribution in [0.15, 0.2) is 10.6 Å². The molecule has 6 heteroatoms. The van der Waals surface area contributed by atoms with Gasteiger partial charge in [-0.3, -0.25) is 0 Å². The topological polar surface area (TPSA) is 55.8 Å². The molecule has 1 aliphatic rings. The standard InChI is InChI=1S/C11H17NO4S/c1-15-10(13)8(12-6-4-5-7-12)9(17-3)11(14)16-2/h4-7H2,1-3H3/b9-8+. The van der Waals surface area contributed by atoms with Crippen molar-refractivity contribution in [1.29, 1.82) is 0 Å². The van der Waals surface area contributed by atoms with Crippen molar-refractivity contribution >= 4 is 23.7 Å². The number of thioether (sulfide) groups is 1. The number of esters is 2. The smallest absolute Gasteiger partial charge is 0.355 e. The lowest BCUT2D eigenvalue weighted by Crippen LogP contribution is -2.28. The van der Waals surface area contributed by atoms with Crippen molar-refractivity contribution in [2.45, 2.75) is 12.8 Å². The molecule has 0 amide bonds. The Balaban J connectivity index is 3.12. The van der Waals surface area contributed by atoms with Gasteiger partial charge in [0.05, 0.1) is 14.2 Å². The molecule has 1 heterocycles. The summed E-state index contributed by atoms with van der Waals surface area (Å²) in [7, 11) is 2.62. The third-order valence-electron chi connectivity index (χ3n) is 2.59. The van der Waals surface area contributed by atoms with Crippen molar-refractivity contribution in [3.05, 3.63) is 10.6 Å². The summed E-state index contributed by atoms with van der Waals surface area (Å²) >= 11 is 1.20. The fourth-order valence-electron chi connectivity index (χ4n) is 1.77. The van der Waals surface area contributed by atoms with E-state index in [1.165, 1.54) is 26.0 Å². The lowest BCUT2D eigenvalue weighted by molar-refractivity contribution is -0.140. The fourth-order valence-corrected chi connectivity index (χ4v) is 2.43. The Kier molecular flexibility index (Phi) is 5.34. The van der Waals surface area contributed by atoms with Crippen LogP contribution in [0.2, 0.25) is 0 Å². The Morgan fingerprint density at radius 1 is 1.06 bits per heavy atom. The molecule has 17 heavy (non-hydrogen) atoms. The van der Waals surface area contributed by atoms with Crippen LogP contribution in [0.25, 0.3) is 0 Å². The first-order valence-corrected chi connectivity index (χ1v) is 6.58. The number of carbonyl (C=O) groups is 2. The molecule has 96 valence electrons. The van der Waals surface area contributed by atoms with E-state index in [9.17, 15) is 9.59 Å². The van der Waals surface area contributed by atoms with Crippen LogP contribution in [0.3, 0.4) is 0 Å². The molecule has 0 saturated carbocycles. The van der Waals surface area contributed by atoms with Gasteiger partial charge in [-0.2, -0.15) is 0 Å². The third kappa shape index (κ3) is 3.15. The van der Waals surface area contributed by atoms with Crippen LogP contribution in [0.1, 0.15) is 12.8 Å². The van der Waals surface area contributed by atoms with Crippen molar-refractivity contribution < 1.29 is 19.1 Å². The number of hydrogen-bond donors (Lipinski definition) is 0. The highest BCUT2D eigenvalue weighted by atomic mass is 32.2. The van der Waals surface area contributed by atoms with Gasteiger partial charge in [-0.1, -0.05) is 0 Å². The number of nitrogens with zero attached hydrogens (tertiary/aromatic N) is 1. The molecule has 0 aliphatic carbocycles. The summed E-state index contributed by atoms with van der Waals surface area (Å²) in [6, 6.07) is 0.